The Morgan fingerprint density at radius 1 is 1.18 bits per heavy atom. The Labute approximate surface area is 167 Å². The highest BCUT2D eigenvalue weighted by Gasteiger charge is 2.17. The predicted molar refractivity (Wildman–Crippen MR) is 111 cm³/mol. The van der Waals surface area contributed by atoms with Gasteiger partial charge in [0.15, 0.2) is 0 Å². The smallest absolute Gasteiger partial charge is 0.251 e. The molecule has 1 saturated heterocycles. The molecule has 2 aromatic carbocycles. The second-order valence-electron chi connectivity index (χ2n) is 7.49. The van der Waals surface area contributed by atoms with Crippen molar-refractivity contribution >= 4 is 5.91 Å². The second-order valence-corrected chi connectivity index (χ2v) is 7.49. The molecule has 2 unspecified atom stereocenters. The standard InChI is InChI=1S/C23H30N2O3/c1-25(2)20(15-18-7-4-3-5-8-18)16-24-23(26)19-10-12-21(13-11-19)28-17-22-9-6-14-27-22/h3-5,7-8,10-13,20,22H,6,9,14-17H2,1-2H3,(H,24,26). The Balaban J connectivity index is 1.48. The number of carbonyl (C=O) groups excluding carboxylic acids is 1. The van der Waals surface area contributed by atoms with Crippen molar-refractivity contribution in [3.05, 3.63) is 65.7 Å². The molecule has 0 spiro atoms. The van der Waals surface area contributed by atoms with Crippen molar-refractivity contribution in [2.24, 2.45) is 0 Å². The molecule has 1 aliphatic heterocycles. The van der Waals surface area contributed by atoms with Crippen LogP contribution in [0.1, 0.15) is 28.8 Å². The molecule has 5 heteroatoms. The van der Waals surface area contributed by atoms with Crippen LogP contribution in [0.4, 0.5) is 0 Å². The SMILES string of the molecule is CN(C)C(CNC(=O)c1ccc(OCC2CCCO2)cc1)Cc1ccccc1. The van der Waals surface area contributed by atoms with Gasteiger partial charge in [0.1, 0.15) is 12.4 Å². The Morgan fingerprint density at radius 2 is 1.93 bits per heavy atom. The summed E-state index contributed by atoms with van der Waals surface area (Å²) < 4.78 is 11.3. The Kier molecular flexibility index (Phi) is 7.46. The van der Waals surface area contributed by atoms with Crippen molar-refractivity contribution in [3.63, 3.8) is 0 Å². The van der Waals surface area contributed by atoms with Crippen LogP contribution in [0.2, 0.25) is 0 Å². The van der Waals surface area contributed by atoms with Crippen molar-refractivity contribution in [2.75, 3.05) is 33.9 Å². The summed E-state index contributed by atoms with van der Waals surface area (Å²) in [6.45, 7) is 1.99. The lowest BCUT2D eigenvalue weighted by molar-refractivity contribution is 0.0679. The lowest BCUT2D eigenvalue weighted by Crippen LogP contribution is -2.41. The average molecular weight is 383 g/mol. The van der Waals surface area contributed by atoms with E-state index < -0.39 is 0 Å². The first-order valence-electron chi connectivity index (χ1n) is 9.95. The van der Waals surface area contributed by atoms with E-state index >= 15 is 0 Å². The van der Waals surface area contributed by atoms with Gasteiger partial charge in [-0.15, -0.1) is 0 Å². The zero-order valence-corrected chi connectivity index (χ0v) is 16.8. The summed E-state index contributed by atoms with van der Waals surface area (Å²) in [7, 11) is 4.08. The van der Waals surface area contributed by atoms with Crippen LogP contribution in [0.5, 0.6) is 5.75 Å². The van der Waals surface area contributed by atoms with E-state index in [2.05, 4.69) is 22.3 Å². The second kappa shape index (κ2) is 10.2. The summed E-state index contributed by atoms with van der Waals surface area (Å²) >= 11 is 0. The molecule has 28 heavy (non-hydrogen) atoms. The van der Waals surface area contributed by atoms with E-state index in [0.717, 1.165) is 31.6 Å². The van der Waals surface area contributed by atoms with Crippen LogP contribution in [0, 0.1) is 0 Å². The minimum absolute atomic E-state index is 0.0643. The molecule has 1 aliphatic rings. The number of ether oxygens (including phenoxy) is 2. The van der Waals surface area contributed by atoms with Gasteiger partial charge >= 0.3 is 0 Å². The Morgan fingerprint density at radius 3 is 2.57 bits per heavy atom. The molecule has 1 heterocycles. The van der Waals surface area contributed by atoms with Gasteiger partial charge in [-0.3, -0.25) is 4.79 Å². The van der Waals surface area contributed by atoms with Crippen LogP contribution >= 0.6 is 0 Å². The molecule has 150 valence electrons. The van der Waals surface area contributed by atoms with E-state index in [0.29, 0.717) is 18.7 Å². The minimum atomic E-state index is -0.0643. The minimum Gasteiger partial charge on any atom is -0.491 e. The summed E-state index contributed by atoms with van der Waals surface area (Å²) in [6, 6.07) is 17.9. The molecule has 0 aliphatic carbocycles. The summed E-state index contributed by atoms with van der Waals surface area (Å²) in [5.74, 6) is 0.702. The highest BCUT2D eigenvalue weighted by molar-refractivity contribution is 5.94. The lowest BCUT2D eigenvalue weighted by Gasteiger charge is -2.24. The third-order valence-electron chi connectivity index (χ3n) is 5.12. The van der Waals surface area contributed by atoms with E-state index in [4.69, 9.17) is 9.47 Å². The normalized spacial score (nSPS) is 17.5. The van der Waals surface area contributed by atoms with E-state index in [1.807, 2.05) is 56.6 Å². The number of nitrogens with zero attached hydrogens (tertiary/aromatic N) is 1. The van der Waals surface area contributed by atoms with Gasteiger partial charge in [-0.2, -0.15) is 0 Å². The molecule has 0 bridgehead atoms. The first-order valence-corrected chi connectivity index (χ1v) is 9.95. The molecule has 0 aromatic heterocycles. The third-order valence-corrected chi connectivity index (χ3v) is 5.12. The molecule has 1 N–H and O–H groups in total. The number of rotatable bonds is 9. The highest BCUT2D eigenvalue weighted by Crippen LogP contribution is 2.16. The first kappa shape index (κ1) is 20.4. The van der Waals surface area contributed by atoms with Gasteiger partial charge < -0.3 is 19.7 Å². The average Bonchev–Trinajstić information content (AvgIpc) is 3.24. The molecular formula is C23H30N2O3. The van der Waals surface area contributed by atoms with Gasteiger partial charge in [0.2, 0.25) is 0 Å². The maximum absolute atomic E-state index is 12.5. The summed E-state index contributed by atoms with van der Waals surface area (Å²) in [6.07, 6.45) is 3.24. The number of amides is 1. The number of benzene rings is 2. The predicted octanol–water partition coefficient (Wildman–Crippen LogP) is 3.15. The van der Waals surface area contributed by atoms with Gasteiger partial charge in [0.25, 0.3) is 5.91 Å². The van der Waals surface area contributed by atoms with Crippen LogP contribution < -0.4 is 10.1 Å². The van der Waals surface area contributed by atoms with Gasteiger partial charge in [-0.25, -0.2) is 0 Å². The summed E-state index contributed by atoms with van der Waals surface area (Å²) in [5, 5.41) is 3.06. The van der Waals surface area contributed by atoms with Gasteiger partial charge in [0.05, 0.1) is 6.10 Å². The van der Waals surface area contributed by atoms with Crippen LogP contribution in [-0.2, 0) is 11.2 Å². The fourth-order valence-electron chi connectivity index (χ4n) is 3.30. The van der Waals surface area contributed by atoms with Crippen molar-refractivity contribution in [1.29, 1.82) is 0 Å². The van der Waals surface area contributed by atoms with Crippen LogP contribution in [0.25, 0.3) is 0 Å². The van der Waals surface area contributed by atoms with Crippen LogP contribution in [-0.4, -0.2) is 56.8 Å². The molecule has 1 amide bonds. The first-order chi connectivity index (χ1) is 13.6. The third kappa shape index (κ3) is 6.08. The molecular weight excluding hydrogens is 352 g/mol. The highest BCUT2D eigenvalue weighted by atomic mass is 16.5. The van der Waals surface area contributed by atoms with Gasteiger partial charge in [-0.05, 0) is 63.2 Å². The summed E-state index contributed by atoms with van der Waals surface area (Å²) in [5.41, 5.74) is 1.91. The number of hydrogen-bond acceptors (Lipinski definition) is 4. The molecule has 0 radical (unpaired) electrons. The largest absolute Gasteiger partial charge is 0.491 e. The van der Waals surface area contributed by atoms with Crippen LogP contribution in [0.15, 0.2) is 54.6 Å². The van der Waals surface area contributed by atoms with E-state index in [1.165, 1.54) is 5.56 Å². The Hall–Kier alpha value is -2.37. The van der Waals surface area contributed by atoms with Crippen molar-refractivity contribution in [3.8, 4) is 5.75 Å². The molecule has 2 aromatic rings. The zero-order chi connectivity index (χ0) is 19.8. The number of nitrogens with one attached hydrogen (secondary N) is 1. The quantitative estimate of drug-likeness (QED) is 0.724. The lowest BCUT2D eigenvalue weighted by atomic mass is 10.0. The monoisotopic (exact) mass is 382 g/mol. The molecule has 0 saturated carbocycles. The fraction of sp³-hybridized carbons (Fsp3) is 0.435. The van der Waals surface area contributed by atoms with Gasteiger partial charge in [-0.1, -0.05) is 30.3 Å². The molecule has 2 atom stereocenters. The molecule has 5 nitrogen and oxygen atoms in total. The van der Waals surface area contributed by atoms with Gasteiger partial charge in [0, 0.05) is 24.8 Å². The van der Waals surface area contributed by atoms with Crippen molar-refractivity contribution in [1.82, 2.24) is 10.2 Å². The van der Waals surface area contributed by atoms with E-state index in [-0.39, 0.29) is 18.1 Å². The maximum atomic E-state index is 12.5. The van der Waals surface area contributed by atoms with Crippen molar-refractivity contribution in [2.45, 2.75) is 31.4 Å². The molecule has 3 rings (SSSR count). The zero-order valence-electron chi connectivity index (χ0n) is 16.8. The number of hydrogen-bond donors (Lipinski definition) is 1. The fourth-order valence-corrected chi connectivity index (χ4v) is 3.30. The Bertz CT molecular complexity index is 725. The summed E-state index contributed by atoms with van der Waals surface area (Å²) in [4.78, 5) is 14.7. The van der Waals surface area contributed by atoms with Crippen LogP contribution in [0.3, 0.4) is 0 Å². The van der Waals surface area contributed by atoms with Crippen molar-refractivity contribution < 1.29 is 14.3 Å². The van der Waals surface area contributed by atoms with E-state index in [1.54, 1.807) is 0 Å². The maximum Gasteiger partial charge on any atom is 0.251 e. The number of carbonyl (C=O) groups is 1. The number of likely N-dealkylation sites (N-methyl/N-ethyl adjacent to an activating group) is 1. The molecule has 1 fully saturated rings. The topological polar surface area (TPSA) is 50.8 Å². The van der Waals surface area contributed by atoms with E-state index in [9.17, 15) is 4.79 Å².